The third-order valence-electron chi connectivity index (χ3n) is 3.68. The molecule has 0 unspecified atom stereocenters. The van der Waals surface area contributed by atoms with Crippen LogP contribution in [0.15, 0.2) is 57.9 Å². The van der Waals surface area contributed by atoms with Crippen molar-refractivity contribution in [3.8, 4) is 0 Å². The molecule has 0 spiro atoms. The summed E-state index contributed by atoms with van der Waals surface area (Å²) >= 11 is 3.38. The number of benzene rings is 2. The van der Waals surface area contributed by atoms with Gasteiger partial charge in [0.05, 0.1) is 17.0 Å². The number of nitrogens with zero attached hydrogens (tertiary/aromatic N) is 1. The zero-order chi connectivity index (χ0) is 15.9. The van der Waals surface area contributed by atoms with E-state index in [2.05, 4.69) is 15.9 Å². The fraction of sp³-hybridized carbons (Fsp3) is 0.125. The van der Waals surface area contributed by atoms with Crippen LogP contribution in [0.5, 0.6) is 0 Å². The van der Waals surface area contributed by atoms with Crippen molar-refractivity contribution in [2.75, 3.05) is 0 Å². The average Bonchev–Trinajstić information content (AvgIpc) is 2.79. The monoisotopic (exact) mass is 379 g/mol. The van der Waals surface area contributed by atoms with Crippen LogP contribution in [0, 0.1) is 6.92 Å². The fourth-order valence-electron chi connectivity index (χ4n) is 2.63. The maximum Gasteiger partial charge on any atom is 0.268 e. The molecule has 22 heavy (non-hydrogen) atoms. The number of fused-ring (bicyclic) bond motifs is 1. The van der Waals surface area contributed by atoms with E-state index in [0.717, 1.165) is 9.86 Å². The van der Waals surface area contributed by atoms with E-state index in [4.69, 9.17) is 0 Å². The second-order valence-electron chi connectivity index (χ2n) is 4.97. The van der Waals surface area contributed by atoms with Crippen molar-refractivity contribution in [2.45, 2.75) is 18.4 Å². The van der Waals surface area contributed by atoms with Gasteiger partial charge in [0.15, 0.2) is 0 Å². The largest absolute Gasteiger partial charge is 0.392 e. The van der Waals surface area contributed by atoms with Crippen molar-refractivity contribution < 1.29 is 13.5 Å². The van der Waals surface area contributed by atoms with Crippen molar-refractivity contribution in [1.29, 1.82) is 0 Å². The second kappa shape index (κ2) is 5.53. The average molecular weight is 380 g/mol. The minimum atomic E-state index is -3.71. The van der Waals surface area contributed by atoms with E-state index in [1.54, 1.807) is 49.4 Å². The number of aliphatic hydroxyl groups is 1. The highest BCUT2D eigenvalue weighted by atomic mass is 79.9. The van der Waals surface area contributed by atoms with Gasteiger partial charge in [0.2, 0.25) is 0 Å². The predicted molar refractivity (Wildman–Crippen MR) is 89.3 cm³/mol. The van der Waals surface area contributed by atoms with Gasteiger partial charge < -0.3 is 5.11 Å². The Labute approximate surface area is 137 Å². The van der Waals surface area contributed by atoms with Gasteiger partial charge in [0.1, 0.15) is 0 Å². The molecule has 0 bridgehead atoms. The van der Waals surface area contributed by atoms with Crippen LogP contribution in [-0.2, 0) is 16.6 Å². The summed E-state index contributed by atoms with van der Waals surface area (Å²) in [5, 5.41) is 10.4. The van der Waals surface area contributed by atoms with Gasteiger partial charge in [-0.25, -0.2) is 12.4 Å². The Morgan fingerprint density at radius 1 is 1.14 bits per heavy atom. The first-order valence-electron chi connectivity index (χ1n) is 6.67. The summed E-state index contributed by atoms with van der Waals surface area (Å²) in [5.74, 6) is 0. The molecule has 3 aromatic rings. The summed E-state index contributed by atoms with van der Waals surface area (Å²) in [6.45, 7) is 1.50. The Morgan fingerprint density at radius 3 is 2.45 bits per heavy atom. The summed E-state index contributed by atoms with van der Waals surface area (Å²) in [5.41, 5.74) is 1.71. The maximum atomic E-state index is 13.0. The summed E-state index contributed by atoms with van der Waals surface area (Å²) < 4.78 is 28.0. The lowest BCUT2D eigenvalue weighted by atomic mass is 10.1. The normalized spacial score (nSPS) is 12.0. The minimum Gasteiger partial charge on any atom is -0.392 e. The molecule has 0 aliphatic carbocycles. The first-order valence-corrected chi connectivity index (χ1v) is 8.91. The SMILES string of the molecule is Cc1c(CO)c2cc(Br)ccc2n1S(=O)(=O)c1ccccc1. The first-order chi connectivity index (χ1) is 10.5. The van der Waals surface area contributed by atoms with Gasteiger partial charge in [0.25, 0.3) is 10.0 Å². The van der Waals surface area contributed by atoms with E-state index < -0.39 is 10.0 Å². The molecule has 1 aromatic heterocycles. The van der Waals surface area contributed by atoms with Crippen molar-refractivity contribution in [3.05, 3.63) is 64.3 Å². The Balaban J connectivity index is 2.39. The molecule has 0 atom stereocenters. The molecular weight excluding hydrogens is 366 g/mol. The third kappa shape index (κ3) is 2.27. The van der Waals surface area contributed by atoms with Gasteiger partial charge in [0, 0.05) is 21.1 Å². The van der Waals surface area contributed by atoms with Crippen LogP contribution in [0.25, 0.3) is 10.9 Å². The van der Waals surface area contributed by atoms with Crippen molar-refractivity contribution in [2.24, 2.45) is 0 Å². The molecule has 0 aliphatic rings. The van der Waals surface area contributed by atoms with Crippen LogP contribution in [0.2, 0.25) is 0 Å². The van der Waals surface area contributed by atoms with E-state index in [1.165, 1.54) is 3.97 Å². The molecule has 1 N–H and O–H groups in total. The number of hydrogen-bond acceptors (Lipinski definition) is 3. The number of rotatable bonds is 3. The fourth-order valence-corrected chi connectivity index (χ4v) is 4.59. The molecule has 114 valence electrons. The van der Waals surface area contributed by atoms with Crippen LogP contribution in [0.3, 0.4) is 0 Å². The number of aromatic nitrogens is 1. The lowest BCUT2D eigenvalue weighted by Crippen LogP contribution is -2.14. The summed E-state index contributed by atoms with van der Waals surface area (Å²) in [6, 6.07) is 13.7. The standard InChI is InChI=1S/C16H14BrNO3S/c1-11-15(10-19)14-9-12(17)7-8-16(14)18(11)22(20,21)13-5-3-2-4-6-13/h2-9,19H,10H2,1H3. The first kappa shape index (κ1) is 15.3. The second-order valence-corrected chi connectivity index (χ2v) is 7.67. The topological polar surface area (TPSA) is 59.3 Å². The Hall–Kier alpha value is -1.63. The van der Waals surface area contributed by atoms with E-state index in [-0.39, 0.29) is 11.5 Å². The lowest BCUT2D eigenvalue weighted by Gasteiger charge is -2.10. The Bertz CT molecular complexity index is 946. The maximum absolute atomic E-state index is 13.0. The highest BCUT2D eigenvalue weighted by molar-refractivity contribution is 9.10. The van der Waals surface area contributed by atoms with Crippen molar-refractivity contribution >= 4 is 36.9 Å². The molecular formula is C16H14BrNO3S. The molecule has 1 heterocycles. The van der Waals surface area contributed by atoms with E-state index in [0.29, 0.717) is 16.8 Å². The summed E-state index contributed by atoms with van der Waals surface area (Å²) in [7, 11) is -3.71. The van der Waals surface area contributed by atoms with Gasteiger partial charge >= 0.3 is 0 Å². The Morgan fingerprint density at radius 2 is 1.82 bits per heavy atom. The summed E-state index contributed by atoms with van der Waals surface area (Å²) in [4.78, 5) is 0.224. The van der Waals surface area contributed by atoms with Crippen LogP contribution in [0.4, 0.5) is 0 Å². The molecule has 0 radical (unpaired) electrons. The van der Waals surface area contributed by atoms with Gasteiger partial charge in [-0.05, 0) is 37.3 Å². The van der Waals surface area contributed by atoms with Gasteiger partial charge in [-0.1, -0.05) is 34.1 Å². The van der Waals surface area contributed by atoms with Crippen LogP contribution < -0.4 is 0 Å². The quantitative estimate of drug-likeness (QED) is 0.757. The molecule has 0 aliphatic heterocycles. The zero-order valence-corrected chi connectivity index (χ0v) is 14.2. The van der Waals surface area contributed by atoms with Crippen LogP contribution in [-0.4, -0.2) is 17.5 Å². The Kier molecular flexibility index (Phi) is 3.84. The van der Waals surface area contributed by atoms with Crippen LogP contribution >= 0.6 is 15.9 Å². The molecule has 0 fully saturated rings. The molecule has 3 rings (SSSR count). The zero-order valence-electron chi connectivity index (χ0n) is 11.8. The van der Waals surface area contributed by atoms with Crippen molar-refractivity contribution in [1.82, 2.24) is 3.97 Å². The van der Waals surface area contributed by atoms with Gasteiger partial charge in [-0.3, -0.25) is 0 Å². The molecule has 0 saturated heterocycles. The third-order valence-corrected chi connectivity index (χ3v) is 6.00. The van der Waals surface area contributed by atoms with Gasteiger partial charge in [-0.15, -0.1) is 0 Å². The summed E-state index contributed by atoms with van der Waals surface area (Å²) in [6.07, 6.45) is 0. The highest BCUT2D eigenvalue weighted by Crippen LogP contribution is 2.31. The molecule has 0 saturated carbocycles. The smallest absolute Gasteiger partial charge is 0.268 e. The number of aliphatic hydroxyl groups excluding tert-OH is 1. The predicted octanol–water partition coefficient (Wildman–Crippen LogP) is 3.44. The number of hydrogen-bond donors (Lipinski definition) is 1. The van der Waals surface area contributed by atoms with E-state index >= 15 is 0 Å². The molecule has 2 aromatic carbocycles. The van der Waals surface area contributed by atoms with E-state index in [1.807, 2.05) is 6.07 Å². The van der Waals surface area contributed by atoms with E-state index in [9.17, 15) is 13.5 Å². The highest BCUT2D eigenvalue weighted by Gasteiger charge is 2.24. The lowest BCUT2D eigenvalue weighted by molar-refractivity contribution is 0.282. The molecule has 6 heteroatoms. The minimum absolute atomic E-state index is 0.212. The van der Waals surface area contributed by atoms with Crippen molar-refractivity contribution in [3.63, 3.8) is 0 Å². The molecule has 0 amide bonds. The number of halogens is 1. The molecule has 4 nitrogen and oxygen atoms in total. The van der Waals surface area contributed by atoms with Gasteiger partial charge in [-0.2, -0.15) is 0 Å². The van der Waals surface area contributed by atoms with Crippen LogP contribution in [0.1, 0.15) is 11.3 Å².